The lowest BCUT2D eigenvalue weighted by molar-refractivity contribution is -0.130. The minimum atomic E-state index is -1.72. The summed E-state index contributed by atoms with van der Waals surface area (Å²) in [5, 5.41) is 2.26. The van der Waals surface area contributed by atoms with Gasteiger partial charge in [-0.05, 0) is 36.8 Å². The molecule has 1 heterocycles. The first-order valence-electron chi connectivity index (χ1n) is 8.88. The van der Waals surface area contributed by atoms with Crippen LogP contribution in [0.2, 0.25) is 0 Å². The van der Waals surface area contributed by atoms with E-state index in [4.69, 9.17) is 0 Å². The number of carbonyl (C=O) groups is 2. The van der Waals surface area contributed by atoms with E-state index in [-0.39, 0.29) is 12.5 Å². The average molecular weight is 391 g/mol. The zero-order valence-corrected chi connectivity index (χ0v) is 15.3. The average Bonchev–Trinajstić information content (AvgIpc) is 2.70. The second-order valence-electron chi connectivity index (χ2n) is 6.61. The molecule has 0 bridgehead atoms. The summed E-state index contributed by atoms with van der Waals surface area (Å²) in [5.41, 5.74) is 1.60. The zero-order valence-electron chi connectivity index (χ0n) is 15.3. The largest absolute Gasteiger partial charge is 0.368 e. The quantitative estimate of drug-likeness (QED) is 0.815. The molecule has 0 radical (unpaired) electrons. The van der Waals surface area contributed by atoms with E-state index in [2.05, 4.69) is 16.3 Å². The van der Waals surface area contributed by atoms with Gasteiger partial charge in [0, 0.05) is 31.9 Å². The molecule has 1 aliphatic heterocycles. The fourth-order valence-corrected chi connectivity index (χ4v) is 3.10. The molecular weight excluding hydrogens is 371 g/mol. The van der Waals surface area contributed by atoms with Crippen molar-refractivity contribution >= 4 is 17.5 Å². The Morgan fingerprint density at radius 1 is 1.00 bits per heavy atom. The summed E-state index contributed by atoms with van der Waals surface area (Å²) >= 11 is 0. The Morgan fingerprint density at radius 3 is 2.39 bits per heavy atom. The van der Waals surface area contributed by atoms with Crippen molar-refractivity contribution in [2.45, 2.75) is 6.92 Å². The number of hydrogen-bond donors (Lipinski definition) is 1. The van der Waals surface area contributed by atoms with Gasteiger partial charge in [-0.15, -0.1) is 0 Å². The Hall–Kier alpha value is -3.03. The number of anilines is 1. The van der Waals surface area contributed by atoms with Crippen molar-refractivity contribution in [3.63, 3.8) is 0 Å². The summed E-state index contributed by atoms with van der Waals surface area (Å²) in [7, 11) is 0. The topological polar surface area (TPSA) is 52.6 Å². The molecule has 0 unspecified atom stereocenters. The van der Waals surface area contributed by atoms with Gasteiger partial charge in [0.25, 0.3) is 5.91 Å². The molecule has 5 nitrogen and oxygen atoms in total. The number of aryl methyl sites for hydroxylation is 1. The fraction of sp³-hybridized carbons (Fsp3) is 0.300. The van der Waals surface area contributed by atoms with Gasteiger partial charge in [0.15, 0.2) is 17.5 Å². The van der Waals surface area contributed by atoms with Crippen LogP contribution in [0.15, 0.2) is 36.4 Å². The molecule has 3 rings (SSSR count). The maximum atomic E-state index is 13.6. The summed E-state index contributed by atoms with van der Waals surface area (Å²) in [6, 6.07) is 9.60. The van der Waals surface area contributed by atoms with Crippen LogP contribution in [-0.4, -0.2) is 49.4 Å². The lowest BCUT2D eigenvalue weighted by Gasteiger charge is -2.36. The summed E-state index contributed by atoms with van der Waals surface area (Å²) in [4.78, 5) is 28.0. The number of hydrogen-bond acceptors (Lipinski definition) is 3. The van der Waals surface area contributed by atoms with Gasteiger partial charge in [-0.2, -0.15) is 0 Å². The van der Waals surface area contributed by atoms with Gasteiger partial charge < -0.3 is 15.1 Å². The van der Waals surface area contributed by atoms with Crippen LogP contribution in [0, 0.1) is 24.4 Å². The van der Waals surface area contributed by atoms with Crippen molar-refractivity contribution in [1.82, 2.24) is 10.2 Å². The SMILES string of the molecule is Cc1cccc(N2CCN(C(=O)CNC(=O)c3ccc(F)c(F)c3F)CC2)c1. The Balaban J connectivity index is 1.52. The maximum Gasteiger partial charge on any atom is 0.254 e. The highest BCUT2D eigenvalue weighted by Crippen LogP contribution is 2.18. The predicted molar refractivity (Wildman–Crippen MR) is 98.6 cm³/mol. The van der Waals surface area contributed by atoms with Crippen molar-refractivity contribution < 1.29 is 22.8 Å². The highest BCUT2D eigenvalue weighted by atomic mass is 19.2. The number of carbonyl (C=O) groups excluding carboxylic acids is 2. The Morgan fingerprint density at radius 2 is 1.71 bits per heavy atom. The van der Waals surface area contributed by atoms with Gasteiger partial charge in [-0.1, -0.05) is 12.1 Å². The lowest BCUT2D eigenvalue weighted by Crippen LogP contribution is -2.51. The minimum Gasteiger partial charge on any atom is -0.368 e. The lowest BCUT2D eigenvalue weighted by atomic mass is 10.2. The van der Waals surface area contributed by atoms with Crippen molar-refractivity contribution in [2.75, 3.05) is 37.6 Å². The van der Waals surface area contributed by atoms with Gasteiger partial charge in [-0.3, -0.25) is 9.59 Å². The van der Waals surface area contributed by atoms with Crippen LogP contribution in [0.4, 0.5) is 18.9 Å². The number of nitrogens with one attached hydrogen (secondary N) is 1. The first-order chi connectivity index (χ1) is 13.4. The summed E-state index contributed by atoms with van der Waals surface area (Å²) in [6.45, 7) is 3.95. The van der Waals surface area contributed by atoms with Crippen LogP contribution in [-0.2, 0) is 4.79 Å². The van der Waals surface area contributed by atoms with Crippen LogP contribution in [0.25, 0.3) is 0 Å². The smallest absolute Gasteiger partial charge is 0.254 e. The molecule has 148 valence electrons. The number of halogens is 3. The monoisotopic (exact) mass is 391 g/mol. The highest BCUT2D eigenvalue weighted by molar-refractivity contribution is 5.96. The van der Waals surface area contributed by atoms with E-state index in [0.29, 0.717) is 32.2 Å². The number of piperazine rings is 1. The molecule has 1 fully saturated rings. The maximum absolute atomic E-state index is 13.6. The standard InChI is InChI=1S/C20H20F3N3O2/c1-13-3-2-4-14(11-13)25-7-9-26(10-8-25)17(27)12-24-20(28)15-5-6-16(21)19(23)18(15)22/h2-6,11H,7-10,12H2,1H3,(H,24,28). The van der Waals surface area contributed by atoms with Gasteiger partial charge in [0.05, 0.1) is 12.1 Å². The van der Waals surface area contributed by atoms with E-state index in [0.717, 1.165) is 17.3 Å². The molecule has 0 aliphatic carbocycles. The minimum absolute atomic E-state index is 0.319. The molecule has 2 amide bonds. The predicted octanol–water partition coefficient (Wildman–Crippen LogP) is 2.49. The summed E-state index contributed by atoms with van der Waals surface area (Å²) in [5.74, 6) is -5.96. The molecule has 0 atom stereocenters. The van der Waals surface area contributed by atoms with Crippen LogP contribution in [0.3, 0.4) is 0 Å². The van der Waals surface area contributed by atoms with Crippen molar-refractivity contribution in [1.29, 1.82) is 0 Å². The van der Waals surface area contributed by atoms with Crippen molar-refractivity contribution in [3.05, 3.63) is 65.0 Å². The number of rotatable bonds is 4. The van der Waals surface area contributed by atoms with Crippen molar-refractivity contribution in [3.8, 4) is 0 Å². The van der Waals surface area contributed by atoms with Crippen LogP contribution < -0.4 is 10.2 Å². The molecule has 1 aliphatic rings. The number of amides is 2. The van der Waals surface area contributed by atoms with Gasteiger partial charge >= 0.3 is 0 Å². The van der Waals surface area contributed by atoms with E-state index >= 15 is 0 Å². The number of benzene rings is 2. The van der Waals surface area contributed by atoms with Gasteiger partial charge in [0.1, 0.15) is 0 Å². The molecule has 1 saturated heterocycles. The first kappa shape index (κ1) is 19.7. The molecule has 2 aromatic carbocycles. The molecule has 2 aromatic rings. The molecule has 0 aromatic heterocycles. The summed E-state index contributed by atoms with van der Waals surface area (Å²) < 4.78 is 39.8. The van der Waals surface area contributed by atoms with Gasteiger partial charge in [-0.25, -0.2) is 13.2 Å². The molecule has 0 spiro atoms. The van der Waals surface area contributed by atoms with E-state index in [1.54, 1.807) is 4.90 Å². The van der Waals surface area contributed by atoms with E-state index in [1.807, 2.05) is 25.1 Å². The highest BCUT2D eigenvalue weighted by Gasteiger charge is 2.23. The van der Waals surface area contributed by atoms with E-state index in [1.165, 1.54) is 0 Å². The zero-order chi connectivity index (χ0) is 20.3. The molecule has 0 saturated carbocycles. The normalized spacial score (nSPS) is 14.1. The third kappa shape index (κ3) is 4.27. The Labute approximate surface area is 160 Å². The van der Waals surface area contributed by atoms with E-state index in [9.17, 15) is 22.8 Å². The second-order valence-corrected chi connectivity index (χ2v) is 6.61. The van der Waals surface area contributed by atoms with Crippen LogP contribution >= 0.6 is 0 Å². The summed E-state index contributed by atoms with van der Waals surface area (Å²) in [6.07, 6.45) is 0. The first-order valence-corrected chi connectivity index (χ1v) is 8.88. The molecular formula is C20H20F3N3O2. The Kier molecular flexibility index (Phi) is 5.87. The van der Waals surface area contributed by atoms with E-state index < -0.39 is 28.9 Å². The third-order valence-corrected chi connectivity index (χ3v) is 4.68. The third-order valence-electron chi connectivity index (χ3n) is 4.68. The van der Waals surface area contributed by atoms with Crippen LogP contribution in [0.1, 0.15) is 15.9 Å². The molecule has 8 heteroatoms. The molecule has 28 heavy (non-hydrogen) atoms. The molecule has 1 N–H and O–H groups in total. The van der Waals surface area contributed by atoms with Crippen LogP contribution in [0.5, 0.6) is 0 Å². The Bertz CT molecular complexity index is 896. The second kappa shape index (κ2) is 8.33. The fourth-order valence-electron chi connectivity index (χ4n) is 3.10. The van der Waals surface area contributed by atoms with Gasteiger partial charge in [0.2, 0.25) is 5.91 Å². The van der Waals surface area contributed by atoms with Crippen molar-refractivity contribution in [2.24, 2.45) is 0 Å². The number of nitrogens with zero attached hydrogens (tertiary/aromatic N) is 2.